The van der Waals surface area contributed by atoms with Crippen LogP contribution in [-0.4, -0.2) is 17.4 Å². The molecule has 0 saturated heterocycles. The zero-order valence-electron chi connectivity index (χ0n) is 5.75. The van der Waals surface area contributed by atoms with Crippen LogP contribution in [0.2, 0.25) is 0 Å². The van der Waals surface area contributed by atoms with E-state index >= 15 is 0 Å². The minimum Gasteiger partial charge on any atom is -0.463 e. The van der Waals surface area contributed by atoms with Crippen LogP contribution in [-0.2, 0) is 9.53 Å². The van der Waals surface area contributed by atoms with Crippen LogP contribution in [0.1, 0.15) is 25.7 Å². The van der Waals surface area contributed by atoms with Gasteiger partial charge in [0.05, 0.1) is 4.83 Å². The number of halogens is 1. The van der Waals surface area contributed by atoms with E-state index < -0.39 is 0 Å². The Kier molecular flexibility index (Phi) is 3.19. The van der Waals surface area contributed by atoms with Gasteiger partial charge in [0.15, 0.2) is 0 Å². The highest BCUT2D eigenvalue weighted by molar-refractivity contribution is 9.09. The Hall–Kier alpha value is -0.0500. The number of alkyl halides is 1. The summed E-state index contributed by atoms with van der Waals surface area (Å²) in [6.45, 7) is 0.546. The molecule has 0 amide bonds. The van der Waals surface area contributed by atoms with Crippen LogP contribution < -0.4 is 0 Å². The standard InChI is InChI=1S/C7H11BrO2/c8-6-3-1-2-4-7(6)10-5-9/h5-7H,1-4H2/t6-,7-/m0/s1. The summed E-state index contributed by atoms with van der Waals surface area (Å²) >= 11 is 3.47. The van der Waals surface area contributed by atoms with Gasteiger partial charge in [0.2, 0.25) is 0 Å². The molecule has 0 spiro atoms. The summed E-state index contributed by atoms with van der Waals surface area (Å²) in [4.78, 5) is 10.4. The maximum absolute atomic E-state index is 9.98. The van der Waals surface area contributed by atoms with Gasteiger partial charge in [0, 0.05) is 0 Å². The van der Waals surface area contributed by atoms with E-state index in [1.165, 1.54) is 12.8 Å². The zero-order chi connectivity index (χ0) is 7.40. The largest absolute Gasteiger partial charge is 0.463 e. The molecule has 0 radical (unpaired) electrons. The highest BCUT2D eigenvalue weighted by Crippen LogP contribution is 2.26. The molecule has 1 aliphatic rings. The molecule has 0 bridgehead atoms. The normalized spacial score (nSPS) is 33.3. The van der Waals surface area contributed by atoms with Crippen LogP contribution in [0.3, 0.4) is 0 Å². The summed E-state index contributed by atoms with van der Waals surface area (Å²) in [7, 11) is 0. The average molecular weight is 207 g/mol. The third kappa shape index (κ3) is 1.97. The minimum atomic E-state index is 0.117. The van der Waals surface area contributed by atoms with Crippen molar-refractivity contribution < 1.29 is 9.53 Å². The molecule has 0 aliphatic heterocycles. The summed E-state index contributed by atoms with van der Waals surface area (Å²) in [5, 5.41) is 0. The van der Waals surface area contributed by atoms with Crippen molar-refractivity contribution in [1.29, 1.82) is 0 Å². The maximum Gasteiger partial charge on any atom is 0.293 e. The lowest BCUT2D eigenvalue weighted by Gasteiger charge is -2.25. The molecule has 0 unspecified atom stereocenters. The fourth-order valence-electron chi connectivity index (χ4n) is 1.28. The van der Waals surface area contributed by atoms with E-state index in [2.05, 4.69) is 15.9 Å². The van der Waals surface area contributed by atoms with Gasteiger partial charge in [-0.2, -0.15) is 0 Å². The molecular weight excluding hydrogens is 196 g/mol. The molecule has 0 aromatic rings. The number of hydrogen-bond acceptors (Lipinski definition) is 2. The average Bonchev–Trinajstić information content (AvgIpc) is 1.94. The summed E-state index contributed by atoms with van der Waals surface area (Å²) in [6.07, 6.45) is 4.67. The second-order valence-electron chi connectivity index (χ2n) is 2.57. The molecule has 1 saturated carbocycles. The van der Waals surface area contributed by atoms with Crippen molar-refractivity contribution in [3.8, 4) is 0 Å². The molecule has 0 aromatic carbocycles. The van der Waals surface area contributed by atoms with Crippen molar-refractivity contribution in [1.82, 2.24) is 0 Å². The van der Waals surface area contributed by atoms with E-state index in [0.717, 1.165) is 12.8 Å². The Morgan fingerprint density at radius 2 is 2.10 bits per heavy atom. The summed E-state index contributed by atoms with van der Waals surface area (Å²) in [5.41, 5.74) is 0. The van der Waals surface area contributed by atoms with Gasteiger partial charge in [-0.1, -0.05) is 22.4 Å². The number of ether oxygens (including phenoxy) is 1. The van der Waals surface area contributed by atoms with Crippen LogP contribution in [0.5, 0.6) is 0 Å². The third-order valence-electron chi connectivity index (χ3n) is 1.85. The highest BCUT2D eigenvalue weighted by Gasteiger charge is 2.23. The lowest BCUT2D eigenvalue weighted by Crippen LogP contribution is -2.27. The van der Waals surface area contributed by atoms with Gasteiger partial charge in [-0.15, -0.1) is 0 Å². The molecule has 2 atom stereocenters. The predicted octanol–water partition coefficient (Wildman–Crippen LogP) is 1.87. The first-order valence-electron chi connectivity index (χ1n) is 3.58. The molecule has 10 heavy (non-hydrogen) atoms. The van der Waals surface area contributed by atoms with E-state index in [9.17, 15) is 4.79 Å². The fourth-order valence-corrected chi connectivity index (χ4v) is 1.99. The van der Waals surface area contributed by atoms with Crippen LogP contribution in [0.15, 0.2) is 0 Å². The topological polar surface area (TPSA) is 26.3 Å². The van der Waals surface area contributed by atoms with Gasteiger partial charge in [0.25, 0.3) is 6.47 Å². The Morgan fingerprint density at radius 3 is 2.70 bits per heavy atom. The van der Waals surface area contributed by atoms with E-state index in [0.29, 0.717) is 11.3 Å². The smallest absolute Gasteiger partial charge is 0.293 e. The molecule has 1 rings (SSSR count). The van der Waals surface area contributed by atoms with Gasteiger partial charge < -0.3 is 4.74 Å². The first-order valence-corrected chi connectivity index (χ1v) is 4.49. The van der Waals surface area contributed by atoms with Gasteiger partial charge in [-0.05, 0) is 19.3 Å². The van der Waals surface area contributed by atoms with Crippen molar-refractivity contribution in [2.45, 2.75) is 36.6 Å². The Morgan fingerprint density at radius 1 is 1.40 bits per heavy atom. The third-order valence-corrected chi connectivity index (χ3v) is 2.90. The van der Waals surface area contributed by atoms with Crippen LogP contribution in [0, 0.1) is 0 Å². The van der Waals surface area contributed by atoms with Gasteiger partial charge in [0.1, 0.15) is 6.10 Å². The van der Waals surface area contributed by atoms with Crippen molar-refractivity contribution >= 4 is 22.4 Å². The first kappa shape index (κ1) is 8.05. The quantitative estimate of drug-likeness (QED) is 0.510. The van der Waals surface area contributed by atoms with Crippen LogP contribution in [0.4, 0.5) is 0 Å². The van der Waals surface area contributed by atoms with E-state index in [-0.39, 0.29) is 6.10 Å². The van der Waals surface area contributed by atoms with Crippen molar-refractivity contribution in [2.75, 3.05) is 0 Å². The minimum absolute atomic E-state index is 0.117. The molecule has 1 aliphatic carbocycles. The van der Waals surface area contributed by atoms with E-state index in [1.807, 2.05) is 0 Å². The fraction of sp³-hybridized carbons (Fsp3) is 0.857. The van der Waals surface area contributed by atoms with Gasteiger partial charge in [-0.25, -0.2) is 0 Å². The highest BCUT2D eigenvalue weighted by atomic mass is 79.9. The Balaban J connectivity index is 2.32. The molecule has 1 fully saturated rings. The Labute approximate surface area is 69.1 Å². The first-order chi connectivity index (χ1) is 4.84. The molecule has 0 aromatic heterocycles. The van der Waals surface area contributed by atoms with Gasteiger partial charge >= 0.3 is 0 Å². The molecule has 3 heteroatoms. The number of hydrogen-bond donors (Lipinski definition) is 0. The number of rotatable bonds is 2. The van der Waals surface area contributed by atoms with Crippen molar-refractivity contribution in [3.63, 3.8) is 0 Å². The van der Waals surface area contributed by atoms with Crippen molar-refractivity contribution in [3.05, 3.63) is 0 Å². The molecule has 2 nitrogen and oxygen atoms in total. The number of carbonyl (C=O) groups excluding carboxylic acids is 1. The summed E-state index contributed by atoms with van der Waals surface area (Å²) in [5.74, 6) is 0. The SMILES string of the molecule is O=CO[C@H]1CCCC[C@@H]1Br. The number of carbonyl (C=O) groups is 1. The predicted molar refractivity (Wildman–Crippen MR) is 42.1 cm³/mol. The Bertz CT molecular complexity index is 116. The van der Waals surface area contributed by atoms with E-state index in [1.54, 1.807) is 0 Å². The summed E-state index contributed by atoms with van der Waals surface area (Å²) < 4.78 is 4.87. The van der Waals surface area contributed by atoms with Crippen molar-refractivity contribution in [2.24, 2.45) is 0 Å². The molecule has 0 N–H and O–H groups in total. The second-order valence-corrected chi connectivity index (χ2v) is 3.75. The maximum atomic E-state index is 9.98. The summed E-state index contributed by atoms with van der Waals surface area (Å²) in [6, 6.07) is 0. The molecular formula is C7H11BrO2. The monoisotopic (exact) mass is 206 g/mol. The zero-order valence-corrected chi connectivity index (χ0v) is 7.34. The lowest BCUT2D eigenvalue weighted by molar-refractivity contribution is -0.134. The van der Waals surface area contributed by atoms with Crippen LogP contribution in [0.25, 0.3) is 0 Å². The molecule has 0 heterocycles. The lowest BCUT2D eigenvalue weighted by atomic mass is 9.98. The van der Waals surface area contributed by atoms with Gasteiger partial charge in [-0.3, -0.25) is 4.79 Å². The second kappa shape index (κ2) is 3.96. The van der Waals surface area contributed by atoms with E-state index in [4.69, 9.17) is 4.74 Å². The molecule has 58 valence electrons. The van der Waals surface area contributed by atoms with Crippen LogP contribution >= 0.6 is 15.9 Å².